The minimum absolute atomic E-state index is 0.0237. The van der Waals surface area contributed by atoms with Gasteiger partial charge < -0.3 is 14.2 Å². The molecule has 116 valence electrons. The fourth-order valence-corrected chi connectivity index (χ4v) is 2.32. The Morgan fingerprint density at radius 2 is 2.00 bits per heavy atom. The van der Waals surface area contributed by atoms with E-state index < -0.39 is 6.10 Å². The van der Waals surface area contributed by atoms with E-state index in [0.29, 0.717) is 19.1 Å². The molecule has 2 atom stereocenters. The molecule has 0 aromatic heterocycles. The van der Waals surface area contributed by atoms with E-state index in [0.717, 1.165) is 17.7 Å². The second kappa shape index (κ2) is 7.46. The van der Waals surface area contributed by atoms with Crippen LogP contribution in [0.1, 0.15) is 38.7 Å². The van der Waals surface area contributed by atoms with Crippen LogP contribution >= 0.6 is 0 Å². The highest BCUT2D eigenvalue weighted by Gasteiger charge is 2.37. The maximum absolute atomic E-state index is 12.1. The van der Waals surface area contributed by atoms with Gasteiger partial charge in [-0.1, -0.05) is 39.0 Å². The summed E-state index contributed by atoms with van der Waals surface area (Å²) >= 11 is 0. The van der Waals surface area contributed by atoms with Crippen molar-refractivity contribution < 1.29 is 19.0 Å². The van der Waals surface area contributed by atoms with Crippen molar-refractivity contribution in [3.63, 3.8) is 0 Å². The number of carbonyl (C=O) groups is 1. The molecule has 0 radical (unpaired) electrons. The lowest BCUT2D eigenvalue weighted by Crippen LogP contribution is -2.30. The summed E-state index contributed by atoms with van der Waals surface area (Å²) in [4.78, 5) is 12.1. The average Bonchev–Trinajstić information content (AvgIpc) is 2.80. The van der Waals surface area contributed by atoms with Crippen LogP contribution in [0.3, 0.4) is 0 Å². The highest BCUT2D eigenvalue weighted by molar-refractivity contribution is 5.78. The third-order valence-electron chi connectivity index (χ3n) is 3.66. The van der Waals surface area contributed by atoms with Gasteiger partial charge in [0.15, 0.2) is 0 Å². The molecule has 1 aliphatic heterocycles. The molecule has 0 amide bonds. The number of hydrogen-bond donors (Lipinski definition) is 0. The van der Waals surface area contributed by atoms with Crippen LogP contribution < -0.4 is 4.74 Å². The van der Waals surface area contributed by atoms with Crippen LogP contribution in [0.4, 0.5) is 0 Å². The highest BCUT2D eigenvalue weighted by Crippen LogP contribution is 2.37. The molecule has 0 bridgehead atoms. The molecule has 1 aliphatic rings. The van der Waals surface area contributed by atoms with E-state index in [1.807, 2.05) is 31.2 Å². The number of carbonyl (C=O) groups excluding carboxylic acids is 1. The van der Waals surface area contributed by atoms with E-state index >= 15 is 0 Å². The third kappa shape index (κ3) is 4.21. The fraction of sp³-hybridized carbons (Fsp3) is 0.588. The van der Waals surface area contributed by atoms with Crippen molar-refractivity contribution in [1.29, 1.82) is 0 Å². The zero-order chi connectivity index (χ0) is 15.2. The summed E-state index contributed by atoms with van der Waals surface area (Å²) in [6.07, 6.45) is 0.476. The molecule has 0 saturated carbocycles. The van der Waals surface area contributed by atoms with Gasteiger partial charge in [0.2, 0.25) is 6.10 Å². The van der Waals surface area contributed by atoms with Crippen molar-refractivity contribution in [1.82, 2.24) is 0 Å². The van der Waals surface area contributed by atoms with E-state index in [1.165, 1.54) is 0 Å². The first-order valence-electron chi connectivity index (χ1n) is 7.59. The lowest BCUT2D eigenvalue weighted by Gasteiger charge is -2.14. The van der Waals surface area contributed by atoms with Crippen molar-refractivity contribution >= 4 is 5.97 Å². The van der Waals surface area contributed by atoms with E-state index in [4.69, 9.17) is 14.2 Å². The maximum atomic E-state index is 12.1. The second-order valence-electron chi connectivity index (χ2n) is 5.83. The Morgan fingerprint density at radius 3 is 2.71 bits per heavy atom. The van der Waals surface area contributed by atoms with Gasteiger partial charge in [0, 0.05) is 18.1 Å². The summed E-state index contributed by atoms with van der Waals surface area (Å²) < 4.78 is 16.3. The summed E-state index contributed by atoms with van der Waals surface area (Å²) in [5.74, 6) is 1.11. The van der Waals surface area contributed by atoms with Crippen LogP contribution in [-0.2, 0) is 14.3 Å². The zero-order valence-corrected chi connectivity index (χ0v) is 13.0. The van der Waals surface area contributed by atoms with Gasteiger partial charge in [0.1, 0.15) is 12.4 Å². The first-order valence-corrected chi connectivity index (χ1v) is 7.59. The maximum Gasteiger partial charge on any atom is 0.348 e. The number of ether oxygens (including phenoxy) is 3. The Labute approximate surface area is 126 Å². The number of para-hydroxylation sites is 1. The first-order chi connectivity index (χ1) is 10.1. The van der Waals surface area contributed by atoms with Gasteiger partial charge in [-0.3, -0.25) is 0 Å². The van der Waals surface area contributed by atoms with Crippen LogP contribution in [0.25, 0.3) is 0 Å². The lowest BCUT2D eigenvalue weighted by atomic mass is 9.98. The van der Waals surface area contributed by atoms with Crippen LogP contribution in [0.5, 0.6) is 5.75 Å². The quantitative estimate of drug-likeness (QED) is 0.572. The van der Waals surface area contributed by atoms with Crippen molar-refractivity contribution in [2.45, 2.75) is 39.2 Å². The number of fused-ring (bicyclic) bond motifs is 1. The van der Waals surface area contributed by atoms with Crippen LogP contribution in [-0.4, -0.2) is 31.9 Å². The molecular formula is C17H24O4. The summed E-state index contributed by atoms with van der Waals surface area (Å²) in [5.41, 5.74) is 1.06. The molecule has 21 heavy (non-hydrogen) atoms. The monoisotopic (exact) mass is 292 g/mol. The van der Waals surface area contributed by atoms with Crippen LogP contribution in [0.2, 0.25) is 0 Å². The predicted molar refractivity (Wildman–Crippen MR) is 80.5 cm³/mol. The molecule has 0 N–H and O–H groups in total. The number of rotatable bonds is 7. The highest BCUT2D eigenvalue weighted by atomic mass is 16.6. The summed E-state index contributed by atoms with van der Waals surface area (Å²) in [6, 6.07) is 7.73. The van der Waals surface area contributed by atoms with Gasteiger partial charge in [-0.05, 0) is 18.4 Å². The molecule has 2 unspecified atom stereocenters. The summed E-state index contributed by atoms with van der Waals surface area (Å²) in [7, 11) is 0. The SMILES string of the molecule is CC(C)CCOCCOC(=O)C1Oc2ccccc2C1C. The molecule has 1 heterocycles. The third-order valence-corrected chi connectivity index (χ3v) is 3.66. The smallest absolute Gasteiger partial charge is 0.348 e. The Kier molecular flexibility index (Phi) is 5.62. The Hall–Kier alpha value is -1.55. The number of hydrogen-bond acceptors (Lipinski definition) is 4. The molecule has 1 aromatic rings. The van der Waals surface area contributed by atoms with Gasteiger partial charge in [-0.2, -0.15) is 0 Å². The topological polar surface area (TPSA) is 44.8 Å². The van der Waals surface area contributed by atoms with E-state index in [-0.39, 0.29) is 18.5 Å². The van der Waals surface area contributed by atoms with Gasteiger partial charge in [-0.15, -0.1) is 0 Å². The predicted octanol–water partition coefficient (Wildman–Crippen LogP) is 3.16. The normalized spacial score (nSPS) is 20.2. The Bertz CT molecular complexity index is 470. The molecule has 0 spiro atoms. The Morgan fingerprint density at radius 1 is 1.24 bits per heavy atom. The van der Waals surface area contributed by atoms with Gasteiger partial charge in [0.05, 0.1) is 6.61 Å². The van der Waals surface area contributed by atoms with Crippen LogP contribution in [0, 0.1) is 5.92 Å². The molecular weight excluding hydrogens is 268 g/mol. The minimum atomic E-state index is -0.543. The summed E-state index contributed by atoms with van der Waals surface area (Å²) in [5, 5.41) is 0. The average molecular weight is 292 g/mol. The Balaban J connectivity index is 1.71. The molecule has 0 aliphatic carbocycles. The molecule has 4 heteroatoms. The minimum Gasteiger partial charge on any atom is -0.478 e. The van der Waals surface area contributed by atoms with E-state index in [2.05, 4.69) is 13.8 Å². The zero-order valence-electron chi connectivity index (χ0n) is 13.0. The largest absolute Gasteiger partial charge is 0.478 e. The van der Waals surface area contributed by atoms with Crippen LogP contribution in [0.15, 0.2) is 24.3 Å². The standard InChI is InChI=1S/C17H24O4/c1-12(2)8-9-19-10-11-20-17(18)16-13(3)14-6-4-5-7-15(14)21-16/h4-7,12-13,16H,8-11H2,1-3H3. The van der Waals surface area contributed by atoms with Crippen molar-refractivity contribution in [3.05, 3.63) is 29.8 Å². The van der Waals surface area contributed by atoms with Crippen molar-refractivity contribution in [2.75, 3.05) is 19.8 Å². The van der Waals surface area contributed by atoms with Gasteiger partial charge >= 0.3 is 5.97 Å². The summed E-state index contributed by atoms with van der Waals surface area (Å²) in [6.45, 7) is 7.71. The molecule has 0 saturated heterocycles. The van der Waals surface area contributed by atoms with Gasteiger partial charge in [0.25, 0.3) is 0 Å². The molecule has 1 aromatic carbocycles. The fourth-order valence-electron chi connectivity index (χ4n) is 2.32. The van der Waals surface area contributed by atoms with E-state index in [9.17, 15) is 4.79 Å². The van der Waals surface area contributed by atoms with Crippen molar-refractivity contribution in [2.24, 2.45) is 5.92 Å². The van der Waals surface area contributed by atoms with E-state index in [1.54, 1.807) is 0 Å². The second-order valence-corrected chi connectivity index (χ2v) is 5.83. The number of benzene rings is 1. The van der Waals surface area contributed by atoms with Crippen molar-refractivity contribution in [3.8, 4) is 5.75 Å². The molecule has 0 fully saturated rings. The molecule has 2 rings (SSSR count). The molecule has 4 nitrogen and oxygen atoms in total. The first kappa shape index (κ1) is 15.8. The lowest BCUT2D eigenvalue weighted by molar-refractivity contribution is -0.153. The van der Waals surface area contributed by atoms with Gasteiger partial charge in [-0.25, -0.2) is 4.79 Å². The number of esters is 1.